The summed E-state index contributed by atoms with van der Waals surface area (Å²) in [6.45, 7) is 1.56. The van der Waals surface area contributed by atoms with Gasteiger partial charge in [-0.2, -0.15) is 0 Å². The van der Waals surface area contributed by atoms with E-state index in [2.05, 4.69) is 0 Å². The lowest BCUT2D eigenvalue weighted by atomic mass is 10.1. The Morgan fingerprint density at radius 3 is 2.43 bits per heavy atom. The third-order valence-corrected chi connectivity index (χ3v) is 2.05. The predicted octanol–water partition coefficient (Wildman–Crippen LogP) is 1.96. The van der Waals surface area contributed by atoms with Crippen LogP contribution in [0.25, 0.3) is 0 Å². The summed E-state index contributed by atoms with van der Waals surface area (Å²) in [5, 5.41) is 0. The number of hydrogen-bond donors (Lipinski definition) is 0. The van der Waals surface area contributed by atoms with Crippen molar-refractivity contribution in [3.8, 4) is 5.75 Å². The first-order valence-electron chi connectivity index (χ1n) is 4.43. The second kappa shape index (κ2) is 4.13. The van der Waals surface area contributed by atoms with Crippen LogP contribution in [0.3, 0.4) is 0 Å². The van der Waals surface area contributed by atoms with Crippen LogP contribution in [0.1, 0.15) is 17.3 Å². The Labute approximate surface area is 84.3 Å². The average Bonchev–Trinajstić information content (AvgIpc) is 2.16. The van der Waals surface area contributed by atoms with E-state index in [4.69, 9.17) is 4.74 Å². The number of para-hydroxylation sites is 1. The third kappa shape index (κ3) is 1.87. The van der Waals surface area contributed by atoms with Gasteiger partial charge in [0, 0.05) is 19.7 Å². The fourth-order valence-electron chi connectivity index (χ4n) is 1.43. The van der Waals surface area contributed by atoms with Crippen molar-refractivity contribution < 1.29 is 9.53 Å². The van der Waals surface area contributed by atoms with Crippen molar-refractivity contribution in [3.63, 3.8) is 0 Å². The highest BCUT2D eigenvalue weighted by molar-refractivity contribution is 6.01. The molecule has 0 aliphatic heterocycles. The Balaban J connectivity index is 3.35. The molecule has 0 amide bonds. The lowest BCUT2D eigenvalue weighted by Gasteiger charge is -2.19. The average molecular weight is 193 g/mol. The van der Waals surface area contributed by atoms with E-state index in [1.807, 2.05) is 31.1 Å². The van der Waals surface area contributed by atoms with Gasteiger partial charge in [0.15, 0.2) is 5.78 Å². The highest BCUT2D eigenvalue weighted by Crippen LogP contribution is 2.30. The standard InChI is InChI=1S/C11H15NO2/c1-8(13)9-6-5-7-10(14-4)11(9)12(2)3/h5-7H,1-4H3. The van der Waals surface area contributed by atoms with Gasteiger partial charge >= 0.3 is 0 Å². The maximum Gasteiger partial charge on any atom is 0.162 e. The molecule has 3 heteroatoms. The Hall–Kier alpha value is -1.51. The maximum absolute atomic E-state index is 11.4. The lowest BCUT2D eigenvalue weighted by Crippen LogP contribution is -2.14. The van der Waals surface area contributed by atoms with Gasteiger partial charge in [-0.3, -0.25) is 4.79 Å². The third-order valence-electron chi connectivity index (χ3n) is 2.05. The molecule has 0 N–H and O–H groups in total. The Morgan fingerprint density at radius 2 is 2.00 bits per heavy atom. The van der Waals surface area contributed by atoms with Gasteiger partial charge in [0.2, 0.25) is 0 Å². The number of Topliss-reactive ketones (excluding diaryl/α,β-unsaturated/α-hetero) is 1. The summed E-state index contributed by atoms with van der Waals surface area (Å²) >= 11 is 0. The minimum Gasteiger partial charge on any atom is -0.495 e. The summed E-state index contributed by atoms with van der Waals surface area (Å²) in [5.41, 5.74) is 1.52. The summed E-state index contributed by atoms with van der Waals surface area (Å²) < 4.78 is 5.20. The number of nitrogens with zero attached hydrogens (tertiary/aromatic N) is 1. The van der Waals surface area contributed by atoms with E-state index in [1.54, 1.807) is 20.1 Å². The van der Waals surface area contributed by atoms with Gasteiger partial charge < -0.3 is 9.64 Å². The molecule has 0 aliphatic rings. The zero-order valence-electron chi connectivity index (χ0n) is 9.00. The molecule has 0 aliphatic carbocycles. The van der Waals surface area contributed by atoms with Crippen molar-refractivity contribution in [2.45, 2.75) is 6.92 Å². The van der Waals surface area contributed by atoms with Crippen LogP contribution in [0, 0.1) is 0 Å². The molecule has 14 heavy (non-hydrogen) atoms. The van der Waals surface area contributed by atoms with Gasteiger partial charge in [-0.05, 0) is 19.1 Å². The number of methoxy groups -OCH3 is 1. The largest absolute Gasteiger partial charge is 0.495 e. The van der Waals surface area contributed by atoms with Crippen LogP contribution >= 0.6 is 0 Å². The van der Waals surface area contributed by atoms with Gasteiger partial charge in [-0.1, -0.05) is 6.07 Å². The van der Waals surface area contributed by atoms with E-state index in [9.17, 15) is 4.79 Å². The molecule has 0 heterocycles. The maximum atomic E-state index is 11.4. The van der Waals surface area contributed by atoms with Crippen LogP contribution in [0.5, 0.6) is 5.75 Å². The zero-order chi connectivity index (χ0) is 10.7. The van der Waals surface area contributed by atoms with Crippen LogP contribution in [-0.4, -0.2) is 27.0 Å². The van der Waals surface area contributed by atoms with Gasteiger partial charge in [-0.15, -0.1) is 0 Å². The Kier molecular flexibility index (Phi) is 3.12. The number of rotatable bonds is 3. The molecule has 0 radical (unpaired) electrons. The number of ether oxygens (including phenoxy) is 1. The van der Waals surface area contributed by atoms with Crippen molar-refractivity contribution in [3.05, 3.63) is 23.8 Å². The minimum absolute atomic E-state index is 0.0487. The zero-order valence-corrected chi connectivity index (χ0v) is 9.00. The van der Waals surface area contributed by atoms with Crippen LogP contribution in [0.4, 0.5) is 5.69 Å². The van der Waals surface area contributed by atoms with Gasteiger partial charge in [0.1, 0.15) is 5.75 Å². The fraction of sp³-hybridized carbons (Fsp3) is 0.364. The van der Waals surface area contributed by atoms with Crippen molar-refractivity contribution in [2.24, 2.45) is 0 Å². The molecule has 0 aromatic heterocycles. The first-order valence-corrected chi connectivity index (χ1v) is 4.43. The van der Waals surface area contributed by atoms with E-state index in [1.165, 1.54) is 0 Å². The topological polar surface area (TPSA) is 29.5 Å². The monoisotopic (exact) mass is 193 g/mol. The van der Waals surface area contributed by atoms with Gasteiger partial charge in [-0.25, -0.2) is 0 Å². The number of carbonyl (C=O) groups is 1. The number of carbonyl (C=O) groups excluding carboxylic acids is 1. The van der Waals surface area contributed by atoms with E-state index in [0.717, 1.165) is 11.4 Å². The predicted molar refractivity (Wildman–Crippen MR) is 57.3 cm³/mol. The SMILES string of the molecule is COc1cccc(C(C)=O)c1N(C)C. The molecule has 0 saturated carbocycles. The summed E-state index contributed by atoms with van der Waals surface area (Å²) in [7, 11) is 5.39. The van der Waals surface area contributed by atoms with Crippen LogP contribution in [-0.2, 0) is 0 Å². The first kappa shape index (κ1) is 10.6. The summed E-state index contributed by atoms with van der Waals surface area (Å²) in [5.74, 6) is 0.773. The van der Waals surface area contributed by atoms with Crippen LogP contribution in [0.15, 0.2) is 18.2 Å². The molecule has 1 rings (SSSR count). The Morgan fingerprint density at radius 1 is 1.36 bits per heavy atom. The summed E-state index contributed by atoms with van der Waals surface area (Å²) in [6.07, 6.45) is 0. The minimum atomic E-state index is 0.0487. The molecule has 0 fully saturated rings. The second-order valence-electron chi connectivity index (χ2n) is 3.31. The number of hydrogen-bond acceptors (Lipinski definition) is 3. The second-order valence-corrected chi connectivity index (χ2v) is 3.31. The van der Waals surface area contributed by atoms with Crippen LogP contribution < -0.4 is 9.64 Å². The van der Waals surface area contributed by atoms with Crippen LogP contribution in [0.2, 0.25) is 0 Å². The quantitative estimate of drug-likeness (QED) is 0.687. The number of ketones is 1. The molecule has 0 spiro atoms. The van der Waals surface area contributed by atoms with Crippen molar-refractivity contribution in [1.29, 1.82) is 0 Å². The molecule has 1 aromatic carbocycles. The molecule has 3 nitrogen and oxygen atoms in total. The fourth-order valence-corrected chi connectivity index (χ4v) is 1.43. The normalized spacial score (nSPS) is 9.71. The number of benzene rings is 1. The van der Waals surface area contributed by atoms with Gasteiger partial charge in [0.05, 0.1) is 12.8 Å². The first-order chi connectivity index (χ1) is 6.57. The molecule has 0 bridgehead atoms. The molecule has 1 aromatic rings. The van der Waals surface area contributed by atoms with Crippen molar-refractivity contribution >= 4 is 11.5 Å². The molecule has 0 atom stereocenters. The van der Waals surface area contributed by atoms with Crippen molar-refractivity contribution in [1.82, 2.24) is 0 Å². The molecular formula is C11H15NO2. The molecule has 76 valence electrons. The van der Waals surface area contributed by atoms with Gasteiger partial charge in [0.25, 0.3) is 0 Å². The van der Waals surface area contributed by atoms with E-state index in [-0.39, 0.29) is 5.78 Å². The molecule has 0 unspecified atom stereocenters. The van der Waals surface area contributed by atoms with E-state index in [0.29, 0.717) is 5.56 Å². The van der Waals surface area contributed by atoms with Crippen molar-refractivity contribution in [2.75, 3.05) is 26.1 Å². The highest BCUT2D eigenvalue weighted by Gasteiger charge is 2.13. The lowest BCUT2D eigenvalue weighted by molar-refractivity contribution is 0.101. The Bertz CT molecular complexity index is 345. The number of anilines is 1. The summed E-state index contributed by atoms with van der Waals surface area (Å²) in [6, 6.07) is 5.48. The smallest absolute Gasteiger partial charge is 0.162 e. The highest BCUT2D eigenvalue weighted by atomic mass is 16.5. The molecule has 0 saturated heterocycles. The van der Waals surface area contributed by atoms with E-state index >= 15 is 0 Å². The van der Waals surface area contributed by atoms with E-state index < -0.39 is 0 Å². The summed E-state index contributed by atoms with van der Waals surface area (Å²) in [4.78, 5) is 13.2. The molecular weight excluding hydrogens is 178 g/mol.